The zero-order chi connectivity index (χ0) is 10.1. The van der Waals surface area contributed by atoms with E-state index in [-0.39, 0.29) is 17.7 Å². The van der Waals surface area contributed by atoms with E-state index in [1.54, 1.807) is 16.8 Å². The summed E-state index contributed by atoms with van der Waals surface area (Å²) < 4.78 is 2.18. The van der Waals surface area contributed by atoms with Crippen LogP contribution in [-0.2, 0) is 0 Å². The fourth-order valence-corrected chi connectivity index (χ4v) is 2.35. The summed E-state index contributed by atoms with van der Waals surface area (Å²) in [4.78, 5) is 11.7. The average Bonchev–Trinajstić information content (AvgIpc) is 2.57. The second-order valence-corrected chi connectivity index (χ2v) is 4.49. The quantitative estimate of drug-likeness (QED) is 0.833. The Balaban J connectivity index is 2.41. The smallest absolute Gasteiger partial charge is 0.265 e. The van der Waals surface area contributed by atoms with Crippen LogP contribution < -0.4 is 5.56 Å². The van der Waals surface area contributed by atoms with Crippen LogP contribution in [0.15, 0.2) is 27.6 Å². The van der Waals surface area contributed by atoms with Crippen molar-refractivity contribution in [2.75, 3.05) is 0 Å². The van der Waals surface area contributed by atoms with Crippen LogP contribution in [0.3, 0.4) is 0 Å². The van der Waals surface area contributed by atoms with Crippen molar-refractivity contribution in [2.24, 2.45) is 0 Å². The van der Waals surface area contributed by atoms with E-state index in [0.717, 1.165) is 19.3 Å². The highest BCUT2D eigenvalue weighted by atomic mass is 79.9. The first-order valence-electron chi connectivity index (χ1n) is 4.75. The van der Waals surface area contributed by atoms with Crippen molar-refractivity contribution in [3.63, 3.8) is 0 Å². The number of hydrogen-bond acceptors (Lipinski definition) is 2. The molecule has 0 spiro atoms. The van der Waals surface area contributed by atoms with Crippen LogP contribution >= 0.6 is 15.9 Å². The van der Waals surface area contributed by atoms with E-state index in [2.05, 4.69) is 15.9 Å². The lowest BCUT2D eigenvalue weighted by Crippen LogP contribution is -2.28. The van der Waals surface area contributed by atoms with Gasteiger partial charge in [0.25, 0.3) is 5.56 Å². The average molecular weight is 258 g/mol. The lowest BCUT2D eigenvalue weighted by atomic mass is 10.2. The highest BCUT2D eigenvalue weighted by Gasteiger charge is 2.27. The molecule has 1 fully saturated rings. The molecule has 1 aromatic heterocycles. The number of rotatable bonds is 1. The molecule has 14 heavy (non-hydrogen) atoms. The predicted octanol–water partition coefficient (Wildman–Crippen LogP) is 1.70. The third kappa shape index (κ3) is 1.64. The van der Waals surface area contributed by atoms with Crippen LogP contribution in [0.25, 0.3) is 0 Å². The molecule has 0 radical (unpaired) electrons. The third-order valence-electron chi connectivity index (χ3n) is 2.73. The van der Waals surface area contributed by atoms with Gasteiger partial charge in [-0.3, -0.25) is 4.79 Å². The summed E-state index contributed by atoms with van der Waals surface area (Å²) in [6, 6.07) is 3.50. The lowest BCUT2D eigenvalue weighted by molar-refractivity contribution is 0.134. The van der Waals surface area contributed by atoms with Gasteiger partial charge in [0, 0.05) is 6.20 Å². The topological polar surface area (TPSA) is 42.2 Å². The van der Waals surface area contributed by atoms with E-state index in [1.165, 1.54) is 0 Å². The molecule has 0 saturated heterocycles. The number of aliphatic hydroxyl groups excluding tert-OH is 1. The molecule has 1 aliphatic rings. The summed E-state index contributed by atoms with van der Waals surface area (Å²) in [6.07, 6.45) is 4.04. The zero-order valence-electron chi connectivity index (χ0n) is 7.69. The first kappa shape index (κ1) is 9.93. The summed E-state index contributed by atoms with van der Waals surface area (Å²) in [5, 5.41) is 9.68. The Labute approximate surface area is 90.5 Å². The third-order valence-corrected chi connectivity index (χ3v) is 3.33. The van der Waals surface area contributed by atoms with Crippen LogP contribution in [0.2, 0.25) is 0 Å². The van der Waals surface area contributed by atoms with Gasteiger partial charge in [-0.2, -0.15) is 0 Å². The monoisotopic (exact) mass is 257 g/mol. The van der Waals surface area contributed by atoms with Crippen molar-refractivity contribution in [1.29, 1.82) is 0 Å². The van der Waals surface area contributed by atoms with E-state index < -0.39 is 0 Å². The van der Waals surface area contributed by atoms with Crippen molar-refractivity contribution in [1.82, 2.24) is 4.57 Å². The molecular weight excluding hydrogens is 246 g/mol. The standard InChI is InChI=1S/C10H12BrNO2/c11-7-3-2-6-12(10(7)14)8-4-1-5-9(8)13/h2-3,6,8-9,13H,1,4-5H2/t8-,9-/m0/s1. The van der Waals surface area contributed by atoms with Gasteiger partial charge in [0.2, 0.25) is 0 Å². The first-order valence-corrected chi connectivity index (χ1v) is 5.54. The molecule has 4 heteroatoms. The second kappa shape index (κ2) is 3.87. The molecule has 0 aromatic carbocycles. The van der Waals surface area contributed by atoms with Crippen molar-refractivity contribution >= 4 is 15.9 Å². The Morgan fingerprint density at radius 1 is 1.50 bits per heavy atom. The Morgan fingerprint density at radius 2 is 2.29 bits per heavy atom. The summed E-state index contributed by atoms with van der Waals surface area (Å²) >= 11 is 3.20. The largest absolute Gasteiger partial charge is 0.391 e. The second-order valence-electron chi connectivity index (χ2n) is 3.63. The summed E-state index contributed by atoms with van der Waals surface area (Å²) in [7, 11) is 0. The highest BCUT2D eigenvalue weighted by molar-refractivity contribution is 9.10. The van der Waals surface area contributed by atoms with Gasteiger partial charge in [-0.15, -0.1) is 0 Å². The minimum absolute atomic E-state index is 0.0417. The Kier molecular flexibility index (Phi) is 2.74. The zero-order valence-corrected chi connectivity index (χ0v) is 9.27. The van der Waals surface area contributed by atoms with E-state index in [0.29, 0.717) is 4.47 Å². The minimum Gasteiger partial charge on any atom is -0.391 e. The SMILES string of the molecule is O=c1c(Br)cccn1[C@H]1CCC[C@@H]1O. The fourth-order valence-electron chi connectivity index (χ4n) is 1.99. The first-order chi connectivity index (χ1) is 6.70. The number of hydrogen-bond donors (Lipinski definition) is 1. The normalized spacial score (nSPS) is 26.7. The molecular formula is C10H12BrNO2. The molecule has 1 aromatic rings. The van der Waals surface area contributed by atoms with Crippen LogP contribution in [-0.4, -0.2) is 15.8 Å². The van der Waals surface area contributed by atoms with Crippen molar-refractivity contribution in [3.05, 3.63) is 33.2 Å². The summed E-state index contributed by atoms with van der Waals surface area (Å²) in [5.41, 5.74) is -0.0570. The number of nitrogens with zero attached hydrogens (tertiary/aromatic N) is 1. The Hall–Kier alpha value is -0.610. The minimum atomic E-state index is -0.373. The molecule has 1 saturated carbocycles. The Bertz CT molecular complexity index is 388. The fraction of sp³-hybridized carbons (Fsp3) is 0.500. The van der Waals surface area contributed by atoms with Crippen LogP contribution in [0.4, 0.5) is 0 Å². The maximum absolute atomic E-state index is 11.7. The van der Waals surface area contributed by atoms with Crippen molar-refractivity contribution in [2.45, 2.75) is 31.4 Å². The van der Waals surface area contributed by atoms with Gasteiger partial charge >= 0.3 is 0 Å². The van der Waals surface area contributed by atoms with Crippen molar-refractivity contribution in [3.8, 4) is 0 Å². The molecule has 1 N–H and O–H groups in total. The maximum Gasteiger partial charge on any atom is 0.265 e. The number of aliphatic hydroxyl groups is 1. The van der Waals surface area contributed by atoms with Gasteiger partial charge in [-0.05, 0) is 47.3 Å². The highest BCUT2D eigenvalue weighted by Crippen LogP contribution is 2.28. The number of aromatic nitrogens is 1. The summed E-state index contributed by atoms with van der Waals surface area (Å²) in [6.45, 7) is 0. The molecule has 2 rings (SSSR count). The van der Waals surface area contributed by atoms with E-state index >= 15 is 0 Å². The van der Waals surface area contributed by atoms with E-state index in [9.17, 15) is 9.90 Å². The van der Waals surface area contributed by atoms with Gasteiger partial charge in [-0.1, -0.05) is 0 Å². The molecule has 0 bridgehead atoms. The van der Waals surface area contributed by atoms with E-state index in [4.69, 9.17) is 0 Å². The predicted molar refractivity (Wildman–Crippen MR) is 57.3 cm³/mol. The van der Waals surface area contributed by atoms with Gasteiger partial charge in [0.1, 0.15) is 0 Å². The van der Waals surface area contributed by atoms with Crippen LogP contribution in [0.5, 0.6) is 0 Å². The molecule has 76 valence electrons. The summed E-state index contributed by atoms with van der Waals surface area (Å²) in [5.74, 6) is 0. The number of halogens is 1. The molecule has 2 atom stereocenters. The van der Waals surface area contributed by atoms with Crippen LogP contribution in [0.1, 0.15) is 25.3 Å². The Morgan fingerprint density at radius 3 is 2.93 bits per heavy atom. The van der Waals surface area contributed by atoms with Gasteiger partial charge in [-0.25, -0.2) is 0 Å². The molecule has 0 unspecified atom stereocenters. The molecule has 1 heterocycles. The molecule has 3 nitrogen and oxygen atoms in total. The number of pyridine rings is 1. The lowest BCUT2D eigenvalue weighted by Gasteiger charge is -2.17. The van der Waals surface area contributed by atoms with Crippen molar-refractivity contribution < 1.29 is 5.11 Å². The van der Waals surface area contributed by atoms with E-state index in [1.807, 2.05) is 6.07 Å². The van der Waals surface area contributed by atoms with Gasteiger partial charge in [0.05, 0.1) is 16.6 Å². The van der Waals surface area contributed by atoms with Gasteiger partial charge in [0.15, 0.2) is 0 Å². The molecule has 0 amide bonds. The van der Waals surface area contributed by atoms with Gasteiger partial charge < -0.3 is 9.67 Å². The maximum atomic E-state index is 11.7. The molecule has 1 aliphatic carbocycles. The molecule has 0 aliphatic heterocycles. The van der Waals surface area contributed by atoms with Crippen LogP contribution in [0, 0.1) is 0 Å².